The fourth-order valence-corrected chi connectivity index (χ4v) is 2.15. The van der Waals surface area contributed by atoms with Crippen LogP contribution in [0, 0.1) is 11.6 Å². The minimum atomic E-state index is -0.798. The molecule has 0 unspecified atom stereocenters. The van der Waals surface area contributed by atoms with Gasteiger partial charge in [-0.15, -0.1) is 0 Å². The first-order valence-electron chi connectivity index (χ1n) is 6.08. The Labute approximate surface area is 114 Å². The molecule has 2 aromatic rings. The number of amides is 2. The molecule has 0 fully saturated rings. The summed E-state index contributed by atoms with van der Waals surface area (Å²) in [4.78, 5) is 17.7. The number of hydrogen-bond donors (Lipinski definition) is 1. The molecule has 0 spiro atoms. The van der Waals surface area contributed by atoms with Crippen molar-refractivity contribution in [1.82, 2.24) is 9.88 Å². The van der Waals surface area contributed by atoms with Crippen LogP contribution in [0.2, 0.25) is 0 Å². The number of urea groups is 1. The Kier molecular flexibility index (Phi) is 3.06. The number of carbonyl (C=O) groups is 1. The van der Waals surface area contributed by atoms with Crippen molar-refractivity contribution in [2.24, 2.45) is 0 Å². The van der Waals surface area contributed by atoms with Crippen molar-refractivity contribution in [1.29, 1.82) is 0 Å². The van der Waals surface area contributed by atoms with Gasteiger partial charge in [-0.3, -0.25) is 4.98 Å². The Morgan fingerprint density at radius 3 is 2.60 bits per heavy atom. The summed E-state index contributed by atoms with van der Waals surface area (Å²) >= 11 is 0. The number of benzene rings is 1. The molecule has 102 valence electrons. The number of aromatic nitrogens is 1. The lowest BCUT2D eigenvalue weighted by atomic mass is 10.2. The second-order valence-corrected chi connectivity index (χ2v) is 4.49. The Hall–Kier alpha value is -2.50. The van der Waals surface area contributed by atoms with Crippen LogP contribution in [-0.2, 0) is 13.1 Å². The lowest BCUT2D eigenvalue weighted by Crippen LogP contribution is -2.31. The molecule has 4 nitrogen and oxygen atoms in total. The van der Waals surface area contributed by atoms with Crippen LogP contribution in [0.4, 0.5) is 19.3 Å². The molecule has 1 N–H and O–H groups in total. The van der Waals surface area contributed by atoms with Gasteiger partial charge in [0.05, 0.1) is 12.2 Å². The summed E-state index contributed by atoms with van der Waals surface area (Å²) < 4.78 is 27.0. The Morgan fingerprint density at radius 2 is 1.90 bits per heavy atom. The molecule has 3 rings (SSSR count). The molecule has 20 heavy (non-hydrogen) atoms. The quantitative estimate of drug-likeness (QED) is 0.869. The largest absolute Gasteiger partial charge is 0.322 e. The summed E-state index contributed by atoms with van der Waals surface area (Å²) in [7, 11) is 0. The molecule has 1 aliphatic rings. The molecular formula is C14H11F2N3O. The van der Waals surface area contributed by atoms with E-state index >= 15 is 0 Å². The molecule has 1 aromatic heterocycles. The van der Waals surface area contributed by atoms with Gasteiger partial charge in [-0.2, -0.15) is 0 Å². The molecule has 0 saturated carbocycles. The lowest BCUT2D eigenvalue weighted by molar-refractivity contribution is 0.212. The Morgan fingerprint density at radius 1 is 1.15 bits per heavy atom. The second kappa shape index (κ2) is 4.88. The van der Waals surface area contributed by atoms with Crippen molar-refractivity contribution < 1.29 is 13.6 Å². The smallest absolute Gasteiger partial charge is 0.314 e. The van der Waals surface area contributed by atoms with E-state index < -0.39 is 23.4 Å². The summed E-state index contributed by atoms with van der Waals surface area (Å²) in [6.07, 6.45) is 1.65. The van der Waals surface area contributed by atoms with Crippen LogP contribution in [0.5, 0.6) is 0 Å². The van der Waals surface area contributed by atoms with Gasteiger partial charge in [-0.05, 0) is 23.8 Å². The maximum absolute atomic E-state index is 13.5. The van der Waals surface area contributed by atoms with Gasteiger partial charge in [-0.1, -0.05) is 12.1 Å². The molecule has 6 heteroatoms. The first-order valence-corrected chi connectivity index (χ1v) is 6.08. The average Bonchev–Trinajstić information content (AvgIpc) is 2.87. The van der Waals surface area contributed by atoms with Crippen molar-refractivity contribution in [2.45, 2.75) is 13.1 Å². The highest BCUT2D eigenvalue weighted by atomic mass is 19.1. The first kappa shape index (κ1) is 12.5. The van der Waals surface area contributed by atoms with Gasteiger partial charge in [0.15, 0.2) is 0 Å². The van der Waals surface area contributed by atoms with Gasteiger partial charge in [0.2, 0.25) is 0 Å². The minimum Gasteiger partial charge on any atom is -0.314 e. The lowest BCUT2D eigenvalue weighted by Gasteiger charge is -2.16. The number of anilines is 1. The minimum absolute atomic E-state index is 0.331. The van der Waals surface area contributed by atoms with Crippen molar-refractivity contribution in [2.75, 3.05) is 5.32 Å². The summed E-state index contributed by atoms with van der Waals surface area (Å²) in [6.45, 7) is 0.711. The molecule has 0 bridgehead atoms. The molecule has 0 radical (unpaired) electrons. The number of nitrogens with zero attached hydrogens (tertiary/aromatic N) is 2. The predicted molar refractivity (Wildman–Crippen MR) is 68.9 cm³/mol. The van der Waals surface area contributed by atoms with Crippen LogP contribution >= 0.6 is 0 Å². The molecule has 0 atom stereocenters. The summed E-state index contributed by atoms with van der Waals surface area (Å²) in [5, 5.41) is 2.26. The van der Waals surface area contributed by atoms with Gasteiger partial charge < -0.3 is 10.2 Å². The monoisotopic (exact) mass is 275 g/mol. The van der Waals surface area contributed by atoms with Gasteiger partial charge in [0.1, 0.15) is 17.3 Å². The summed E-state index contributed by atoms with van der Waals surface area (Å²) in [6, 6.07) is 6.55. The maximum Gasteiger partial charge on any atom is 0.322 e. The third-order valence-electron chi connectivity index (χ3n) is 3.17. The van der Waals surface area contributed by atoms with Crippen LogP contribution in [0.25, 0.3) is 0 Å². The zero-order chi connectivity index (χ0) is 14.1. The van der Waals surface area contributed by atoms with Crippen LogP contribution in [0.3, 0.4) is 0 Å². The number of carbonyl (C=O) groups excluding carboxylic acids is 1. The Bertz CT molecular complexity index is 630. The van der Waals surface area contributed by atoms with Crippen molar-refractivity contribution >= 4 is 11.7 Å². The summed E-state index contributed by atoms with van der Waals surface area (Å²) in [5.74, 6) is -1.60. The van der Waals surface area contributed by atoms with E-state index in [-0.39, 0.29) is 0 Å². The molecular weight excluding hydrogens is 264 g/mol. The van der Waals surface area contributed by atoms with Crippen molar-refractivity contribution in [3.8, 4) is 0 Å². The fraction of sp³-hybridized carbons (Fsp3) is 0.143. The van der Waals surface area contributed by atoms with Crippen molar-refractivity contribution in [3.63, 3.8) is 0 Å². The number of halogens is 2. The number of hydrogen-bond acceptors (Lipinski definition) is 2. The third kappa shape index (κ3) is 2.20. The van der Waals surface area contributed by atoms with E-state index in [0.29, 0.717) is 13.1 Å². The van der Waals surface area contributed by atoms with Gasteiger partial charge in [0, 0.05) is 12.7 Å². The number of nitrogens with one attached hydrogen (secondary N) is 1. The second-order valence-electron chi connectivity index (χ2n) is 4.49. The standard InChI is InChI=1S/C14H11F2N3O/c15-10-4-1-5-11(16)13(10)18-14(20)19-7-9-3-2-6-17-12(9)8-19/h1-6H,7-8H2,(H,18,20). The molecule has 2 amide bonds. The summed E-state index contributed by atoms with van der Waals surface area (Å²) in [5.41, 5.74) is 1.31. The van der Waals surface area contributed by atoms with Crippen LogP contribution in [0.1, 0.15) is 11.3 Å². The van der Waals surface area contributed by atoms with E-state index in [1.165, 1.54) is 11.0 Å². The first-order chi connectivity index (χ1) is 9.65. The van der Waals surface area contributed by atoms with Crippen LogP contribution in [-0.4, -0.2) is 15.9 Å². The van der Waals surface area contributed by atoms with Crippen LogP contribution < -0.4 is 5.32 Å². The fourth-order valence-electron chi connectivity index (χ4n) is 2.15. The van der Waals surface area contributed by atoms with Crippen LogP contribution in [0.15, 0.2) is 36.5 Å². The highest BCUT2D eigenvalue weighted by Gasteiger charge is 2.25. The van der Waals surface area contributed by atoms with E-state index in [1.807, 2.05) is 6.07 Å². The molecule has 1 aromatic carbocycles. The third-order valence-corrected chi connectivity index (χ3v) is 3.17. The van der Waals surface area contributed by atoms with E-state index in [0.717, 1.165) is 23.4 Å². The van der Waals surface area contributed by atoms with Gasteiger partial charge >= 0.3 is 6.03 Å². The number of pyridine rings is 1. The zero-order valence-corrected chi connectivity index (χ0v) is 10.4. The Balaban J connectivity index is 1.76. The highest BCUT2D eigenvalue weighted by Crippen LogP contribution is 2.23. The topological polar surface area (TPSA) is 45.2 Å². The average molecular weight is 275 g/mol. The van der Waals surface area contributed by atoms with Crippen molar-refractivity contribution in [3.05, 3.63) is 59.4 Å². The molecule has 1 aliphatic heterocycles. The molecule has 2 heterocycles. The number of fused-ring (bicyclic) bond motifs is 1. The van der Waals surface area contributed by atoms with E-state index in [9.17, 15) is 13.6 Å². The van der Waals surface area contributed by atoms with E-state index in [2.05, 4.69) is 10.3 Å². The molecule has 0 aliphatic carbocycles. The maximum atomic E-state index is 13.5. The molecule has 0 saturated heterocycles. The van der Waals surface area contributed by atoms with Gasteiger partial charge in [0.25, 0.3) is 0 Å². The predicted octanol–water partition coefficient (Wildman–Crippen LogP) is 2.91. The van der Waals surface area contributed by atoms with E-state index in [4.69, 9.17) is 0 Å². The number of para-hydroxylation sites is 1. The van der Waals surface area contributed by atoms with Gasteiger partial charge in [-0.25, -0.2) is 13.6 Å². The van der Waals surface area contributed by atoms with E-state index in [1.54, 1.807) is 12.3 Å². The number of rotatable bonds is 1. The zero-order valence-electron chi connectivity index (χ0n) is 10.4. The highest BCUT2D eigenvalue weighted by molar-refractivity contribution is 5.89. The normalized spacial score (nSPS) is 13.2. The SMILES string of the molecule is O=C(Nc1c(F)cccc1F)N1Cc2cccnc2C1.